The number of carbonyl (C=O) groups is 1. The summed E-state index contributed by atoms with van der Waals surface area (Å²) < 4.78 is 0. The van der Waals surface area contributed by atoms with Crippen molar-refractivity contribution in [3.05, 3.63) is 65.2 Å². The van der Waals surface area contributed by atoms with Gasteiger partial charge in [-0.3, -0.25) is 4.79 Å². The lowest BCUT2D eigenvalue weighted by Crippen LogP contribution is -2.28. The summed E-state index contributed by atoms with van der Waals surface area (Å²) in [6.45, 7) is 6.20. The number of thioether (sulfide) groups is 1. The van der Waals surface area contributed by atoms with Crippen LogP contribution in [-0.4, -0.2) is 11.7 Å². The van der Waals surface area contributed by atoms with Crippen LogP contribution in [0.15, 0.2) is 53.4 Å². The van der Waals surface area contributed by atoms with Gasteiger partial charge in [0.2, 0.25) is 5.91 Å². The van der Waals surface area contributed by atoms with Crippen molar-refractivity contribution in [3.63, 3.8) is 0 Å². The molecule has 1 atom stereocenters. The third-order valence-electron chi connectivity index (χ3n) is 3.38. The second kappa shape index (κ2) is 7.32. The van der Waals surface area contributed by atoms with E-state index < -0.39 is 0 Å². The van der Waals surface area contributed by atoms with E-state index in [1.54, 1.807) is 11.8 Å². The molecule has 0 heterocycles. The third-order valence-corrected chi connectivity index (χ3v) is 4.39. The van der Waals surface area contributed by atoms with Crippen LogP contribution in [0, 0.1) is 13.8 Å². The molecular weight excluding hydrogens is 278 g/mol. The average molecular weight is 299 g/mol. The molecule has 110 valence electrons. The summed E-state index contributed by atoms with van der Waals surface area (Å²) in [5.74, 6) is 0.510. The first-order valence-corrected chi connectivity index (χ1v) is 8.09. The highest BCUT2D eigenvalue weighted by Crippen LogP contribution is 2.20. The molecule has 3 heteroatoms. The Balaban J connectivity index is 1.90. The molecule has 2 nitrogen and oxygen atoms in total. The Morgan fingerprint density at radius 2 is 1.86 bits per heavy atom. The van der Waals surface area contributed by atoms with Gasteiger partial charge < -0.3 is 5.32 Å². The lowest BCUT2D eigenvalue weighted by atomic mass is 10.0. The maximum atomic E-state index is 12.0. The fourth-order valence-corrected chi connectivity index (χ4v) is 3.07. The van der Waals surface area contributed by atoms with Crippen molar-refractivity contribution in [2.45, 2.75) is 31.7 Å². The van der Waals surface area contributed by atoms with Crippen LogP contribution in [0.25, 0.3) is 0 Å². The lowest BCUT2D eigenvalue weighted by molar-refractivity contribution is -0.119. The highest BCUT2D eigenvalue weighted by Gasteiger charge is 2.11. The summed E-state index contributed by atoms with van der Waals surface area (Å²) in [7, 11) is 0. The summed E-state index contributed by atoms with van der Waals surface area (Å²) in [5, 5.41) is 3.07. The largest absolute Gasteiger partial charge is 0.349 e. The van der Waals surface area contributed by atoms with Crippen LogP contribution in [0.4, 0.5) is 0 Å². The van der Waals surface area contributed by atoms with E-state index in [0.717, 1.165) is 4.90 Å². The van der Waals surface area contributed by atoms with Crippen LogP contribution in [-0.2, 0) is 4.79 Å². The van der Waals surface area contributed by atoms with Crippen molar-refractivity contribution in [1.29, 1.82) is 0 Å². The quantitative estimate of drug-likeness (QED) is 0.835. The van der Waals surface area contributed by atoms with Gasteiger partial charge in [-0.1, -0.05) is 42.0 Å². The molecule has 21 heavy (non-hydrogen) atoms. The first-order chi connectivity index (χ1) is 10.1. The summed E-state index contributed by atoms with van der Waals surface area (Å²) in [5.41, 5.74) is 3.64. The van der Waals surface area contributed by atoms with Gasteiger partial charge in [0, 0.05) is 4.90 Å². The van der Waals surface area contributed by atoms with E-state index in [9.17, 15) is 4.79 Å². The Morgan fingerprint density at radius 1 is 1.14 bits per heavy atom. The van der Waals surface area contributed by atoms with E-state index in [1.807, 2.05) is 37.3 Å². The maximum absolute atomic E-state index is 12.0. The molecule has 0 saturated carbocycles. The predicted octanol–water partition coefficient (Wildman–Crippen LogP) is 4.27. The molecule has 0 radical (unpaired) electrons. The fourth-order valence-electron chi connectivity index (χ4n) is 2.34. The van der Waals surface area contributed by atoms with Crippen molar-refractivity contribution in [2.75, 3.05) is 5.75 Å². The fraction of sp³-hybridized carbons (Fsp3) is 0.278. The zero-order valence-electron chi connectivity index (χ0n) is 12.7. The van der Waals surface area contributed by atoms with E-state index in [-0.39, 0.29) is 11.9 Å². The van der Waals surface area contributed by atoms with Crippen LogP contribution < -0.4 is 5.32 Å². The number of aryl methyl sites for hydroxylation is 2. The molecule has 0 aliphatic carbocycles. The second-order valence-corrected chi connectivity index (χ2v) is 6.30. The van der Waals surface area contributed by atoms with Gasteiger partial charge >= 0.3 is 0 Å². The molecule has 0 fully saturated rings. The van der Waals surface area contributed by atoms with E-state index in [0.29, 0.717) is 5.75 Å². The molecule has 0 aromatic heterocycles. The summed E-state index contributed by atoms with van der Waals surface area (Å²) in [6.07, 6.45) is 0. The highest BCUT2D eigenvalue weighted by molar-refractivity contribution is 8.00. The minimum Gasteiger partial charge on any atom is -0.349 e. The molecule has 0 saturated heterocycles. The molecular formula is C18H21NOS. The Bertz CT molecular complexity index is 610. The number of carbonyl (C=O) groups excluding carboxylic acids is 1. The van der Waals surface area contributed by atoms with Crippen molar-refractivity contribution in [3.8, 4) is 0 Å². The zero-order valence-corrected chi connectivity index (χ0v) is 13.5. The van der Waals surface area contributed by atoms with Crippen molar-refractivity contribution >= 4 is 17.7 Å². The van der Waals surface area contributed by atoms with Gasteiger partial charge in [-0.15, -0.1) is 11.8 Å². The smallest absolute Gasteiger partial charge is 0.230 e. The standard InChI is InChI=1S/C18H21NOS/c1-13-9-10-17(14(2)11-13)15(3)19-18(20)12-21-16-7-5-4-6-8-16/h4-11,15H,12H2,1-3H3,(H,19,20)/t15-/m0/s1. The predicted molar refractivity (Wildman–Crippen MR) is 89.6 cm³/mol. The molecule has 0 aliphatic heterocycles. The van der Waals surface area contributed by atoms with Crippen molar-refractivity contribution in [1.82, 2.24) is 5.32 Å². The third kappa shape index (κ3) is 4.64. The van der Waals surface area contributed by atoms with Gasteiger partial charge in [0.15, 0.2) is 0 Å². The normalized spacial score (nSPS) is 12.0. The Morgan fingerprint density at radius 3 is 2.52 bits per heavy atom. The first kappa shape index (κ1) is 15.6. The van der Waals surface area contributed by atoms with Crippen LogP contribution in [0.1, 0.15) is 29.7 Å². The van der Waals surface area contributed by atoms with Crippen molar-refractivity contribution < 1.29 is 4.79 Å². The molecule has 2 aromatic carbocycles. The Hall–Kier alpha value is -1.74. The Kier molecular flexibility index (Phi) is 5.45. The van der Waals surface area contributed by atoms with Crippen LogP contribution >= 0.6 is 11.8 Å². The van der Waals surface area contributed by atoms with E-state index in [4.69, 9.17) is 0 Å². The number of hydrogen-bond donors (Lipinski definition) is 1. The number of nitrogens with one attached hydrogen (secondary N) is 1. The lowest BCUT2D eigenvalue weighted by Gasteiger charge is -2.17. The molecule has 0 spiro atoms. The number of benzene rings is 2. The summed E-state index contributed by atoms with van der Waals surface area (Å²) in [4.78, 5) is 13.2. The highest BCUT2D eigenvalue weighted by atomic mass is 32.2. The summed E-state index contributed by atoms with van der Waals surface area (Å²) in [6, 6.07) is 16.4. The second-order valence-electron chi connectivity index (χ2n) is 5.25. The van der Waals surface area contributed by atoms with Gasteiger partial charge in [0.1, 0.15) is 0 Å². The first-order valence-electron chi connectivity index (χ1n) is 7.10. The average Bonchev–Trinajstić information content (AvgIpc) is 2.46. The van der Waals surface area contributed by atoms with Crippen molar-refractivity contribution in [2.24, 2.45) is 0 Å². The molecule has 0 aliphatic rings. The number of hydrogen-bond acceptors (Lipinski definition) is 2. The SMILES string of the molecule is Cc1ccc([C@H](C)NC(=O)CSc2ccccc2)c(C)c1. The van der Waals surface area contributed by atoms with Gasteiger partial charge in [-0.05, 0) is 44.0 Å². The minimum atomic E-state index is 0.0365. The molecule has 0 bridgehead atoms. The zero-order chi connectivity index (χ0) is 15.2. The molecule has 1 N–H and O–H groups in total. The minimum absolute atomic E-state index is 0.0365. The van der Waals surface area contributed by atoms with Crippen LogP contribution in [0.3, 0.4) is 0 Å². The maximum Gasteiger partial charge on any atom is 0.230 e. The topological polar surface area (TPSA) is 29.1 Å². The van der Waals surface area contributed by atoms with Crippen LogP contribution in [0.2, 0.25) is 0 Å². The molecule has 1 amide bonds. The number of rotatable bonds is 5. The number of amides is 1. The molecule has 0 unspecified atom stereocenters. The molecule has 2 aromatic rings. The van der Waals surface area contributed by atoms with Gasteiger partial charge in [0.05, 0.1) is 11.8 Å². The molecule has 2 rings (SSSR count). The van der Waals surface area contributed by atoms with Gasteiger partial charge in [0.25, 0.3) is 0 Å². The van der Waals surface area contributed by atoms with Gasteiger partial charge in [-0.2, -0.15) is 0 Å². The summed E-state index contributed by atoms with van der Waals surface area (Å²) >= 11 is 1.56. The van der Waals surface area contributed by atoms with E-state index in [1.165, 1.54) is 16.7 Å². The van der Waals surface area contributed by atoms with E-state index in [2.05, 4.69) is 37.4 Å². The monoisotopic (exact) mass is 299 g/mol. The van der Waals surface area contributed by atoms with E-state index >= 15 is 0 Å². The van der Waals surface area contributed by atoms with Crippen LogP contribution in [0.5, 0.6) is 0 Å². The van der Waals surface area contributed by atoms with Gasteiger partial charge in [-0.25, -0.2) is 0 Å². The Labute approximate surface area is 131 Å².